The quantitative estimate of drug-likeness (QED) is 0.437. The van der Waals surface area contributed by atoms with Crippen LogP contribution < -0.4 is 37.9 Å². The molecule has 0 atom stereocenters. The topological polar surface area (TPSA) is 90.9 Å². The zero-order valence-electron chi connectivity index (χ0n) is 18.2. The van der Waals surface area contributed by atoms with E-state index in [1.165, 1.54) is 48.7 Å². The van der Waals surface area contributed by atoms with E-state index in [0.29, 0.717) is 57.1 Å². The predicted molar refractivity (Wildman–Crippen MR) is 112 cm³/mol. The molecule has 3 rings (SSSR count). The summed E-state index contributed by atoms with van der Waals surface area (Å²) in [6, 6.07) is 3.20. The zero-order valence-corrected chi connectivity index (χ0v) is 18.2. The summed E-state index contributed by atoms with van der Waals surface area (Å²) < 4.78 is 43.5. The van der Waals surface area contributed by atoms with Crippen LogP contribution in [0.3, 0.4) is 0 Å². The Labute approximate surface area is 180 Å². The number of carbonyl (C=O) groups is 1. The zero-order chi connectivity index (χ0) is 22.5. The number of ketones is 1. The first-order valence-electron chi connectivity index (χ1n) is 9.18. The number of hydrogen-bond acceptors (Lipinski definition) is 9. The van der Waals surface area contributed by atoms with Gasteiger partial charge in [-0.15, -0.1) is 0 Å². The molecule has 2 aromatic carbocycles. The van der Waals surface area contributed by atoms with Gasteiger partial charge in [0.05, 0.1) is 53.8 Å². The second kappa shape index (κ2) is 9.38. The van der Waals surface area contributed by atoms with Gasteiger partial charge in [0.1, 0.15) is 5.75 Å². The third-order valence-corrected chi connectivity index (χ3v) is 4.70. The molecular weight excluding hydrogens is 408 g/mol. The maximum Gasteiger partial charge on any atom is 0.231 e. The van der Waals surface area contributed by atoms with E-state index in [4.69, 9.17) is 37.9 Å². The number of benzene rings is 2. The Morgan fingerprint density at radius 2 is 1.23 bits per heavy atom. The number of allylic oxidation sites excluding steroid dienone is 1. The molecule has 1 aliphatic heterocycles. The van der Waals surface area contributed by atoms with E-state index >= 15 is 0 Å². The van der Waals surface area contributed by atoms with Crippen LogP contribution in [-0.2, 0) is 0 Å². The first-order chi connectivity index (χ1) is 15.0. The molecule has 0 bridgehead atoms. The smallest absolute Gasteiger partial charge is 0.231 e. The Balaban J connectivity index is 2.11. The van der Waals surface area contributed by atoms with Crippen LogP contribution in [0.4, 0.5) is 0 Å². The van der Waals surface area contributed by atoms with Crippen molar-refractivity contribution in [2.75, 3.05) is 49.5 Å². The fourth-order valence-corrected chi connectivity index (χ4v) is 3.30. The third-order valence-electron chi connectivity index (χ3n) is 4.70. The van der Waals surface area contributed by atoms with Crippen molar-refractivity contribution < 1.29 is 42.7 Å². The second-order valence-corrected chi connectivity index (χ2v) is 6.18. The maximum absolute atomic E-state index is 13.0. The molecule has 0 aliphatic carbocycles. The summed E-state index contributed by atoms with van der Waals surface area (Å²) in [5, 5.41) is 0. The van der Waals surface area contributed by atoms with Crippen molar-refractivity contribution in [1.82, 2.24) is 0 Å². The molecule has 0 amide bonds. The van der Waals surface area contributed by atoms with E-state index < -0.39 is 0 Å². The predicted octanol–water partition coefficient (Wildman–Crippen LogP) is 3.36. The fourth-order valence-electron chi connectivity index (χ4n) is 3.30. The fraction of sp³-hybridized carbons (Fsp3) is 0.318. The molecule has 9 heteroatoms. The van der Waals surface area contributed by atoms with Crippen LogP contribution >= 0.6 is 0 Å². The Morgan fingerprint density at radius 3 is 1.71 bits per heavy atom. The highest BCUT2D eigenvalue weighted by Crippen LogP contribution is 2.53. The molecule has 0 saturated heterocycles. The number of fused-ring (bicyclic) bond motifs is 1. The lowest BCUT2D eigenvalue weighted by atomic mass is 10.0. The van der Waals surface area contributed by atoms with Gasteiger partial charge in [0.2, 0.25) is 24.0 Å². The van der Waals surface area contributed by atoms with Crippen molar-refractivity contribution in [3.8, 4) is 46.0 Å². The molecule has 0 fully saturated rings. The molecule has 0 unspecified atom stereocenters. The minimum absolute atomic E-state index is 0.0891. The van der Waals surface area contributed by atoms with Gasteiger partial charge >= 0.3 is 0 Å². The van der Waals surface area contributed by atoms with Crippen LogP contribution in [0, 0.1) is 0 Å². The minimum atomic E-state index is -0.326. The molecule has 0 spiro atoms. The van der Waals surface area contributed by atoms with Gasteiger partial charge in [0.25, 0.3) is 0 Å². The van der Waals surface area contributed by atoms with Gasteiger partial charge in [-0.1, -0.05) is 0 Å². The van der Waals surface area contributed by atoms with Crippen molar-refractivity contribution in [3.05, 3.63) is 29.3 Å². The maximum atomic E-state index is 13.0. The molecule has 0 radical (unpaired) electrons. The summed E-state index contributed by atoms with van der Waals surface area (Å²) in [6.45, 7) is 0.0891. The third kappa shape index (κ3) is 3.86. The molecule has 0 N–H and O–H groups in total. The SMILES string of the molecule is COc1cc2c(cc1C(=O)C=Cc1c(OC)c(OC)c(OC)c(OC)c1OC)OCO2. The first-order valence-corrected chi connectivity index (χ1v) is 9.18. The van der Waals surface area contributed by atoms with Gasteiger partial charge in [0.15, 0.2) is 28.8 Å². The number of carbonyl (C=O) groups excluding carboxylic acids is 1. The van der Waals surface area contributed by atoms with Crippen LogP contribution in [0.5, 0.6) is 46.0 Å². The van der Waals surface area contributed by atoms with Crippen LogP contribution in [0.2, 0.25) is 0 Å². The minimum Gasteiger partial charge on any atom is -0.496 e. The Hall–Kier alpha value is -3.75. The van der Waals surface area contributed by atoms with Crippen molar-refractivity contribution in [2.24, 2.45) is 0 Å². The van der Waals surface area contributed by atoms with E-state index in [-0.39, 0.29) is 12.6 Å². The molecule has 1 heterocycles. The van der Waals surface area contributed by atoms with E-state index in [2.05, 4.69) is 0 Å². The lowest BCUT2D eigenvalue weighted by molar-refractivity contribution is 0.104. The summed E-state index contributed by atoms with van der Waals surface area (Å²) in [6.07, 6.45) is 2.92. The van der Waals surface area contributed by atoms with Crippen LogP contribution in [0.15, 0.2) is 18.2 Å². The number of ether oxygens (including phenoxy) is 8. The highest BCUT2D eigenvalue weighted by atomic mass is 16.7. The van der Waals surface area contributed by atoms with Gasteiger partial charge in [-0.3, -0.25) is 4.79 Å². The largest absolute Gasteiger partial charge is 0.496 e. The Morgan fingerprint density at radius 1 is 0.742 bits per heavy atom. The number of rotatable bonds is 9. The summed E-state index contributed by atoms with van der Waals surface area (Å²) in [7, 11) is 8.85. The van der Waals surface area contributed by atoms with Crippen LogP contribution in [0.1, 0.15) is 15.9 Å². The number of methoxy groups -OCH3 is 6. The molecule has 166 valence electrons. The molecular formula is C22H24O9. The Kier molecular flexibility index (Phi) is 6.64. The van der Waals surface area contributed by atoms with Crippen molar-refractivity contribution in [3.63, 3.8) is 0 Å². The number of hydrogen-bond donors (Lipinski definition) is 0. The van der Waals surface area contributed by atoms with Gasteiger partial charge < -0.3 is 37.9 Å². The summed E-state index contributed by atoms with van der Waals surface area (Å²) in [4.78, 5) is 13.0. The van der Waals surface area contributed by atoms with Gasteiger partial charge in [0, 0.05) is 6.07 Å². The van der Waals surface area contributed by atoms with Gasteiger partial charge in [-0.05, 0) is 18.2 Å². The second-order valence-electron chi connectivity index (χ2n) is 6.18. The molecule has 1 aliphatic rings. The van der Waals surface area contributed by atoms with Gasteiger partial charge in [-0.2, -0.15) is 0 Å². The monoisotopic (exact) mass is 432 g/mol. The van der Waals surface area contributed by atoms with E-state index in [1.54, 1.807) is 18.2 Å². The van der Waals surface area contributed by atoms with Crippen LogP contribution in [-0.4, -0.2) is 55.2 Å². The molecule has 0 saturated carbocycles. The van der Waals surface area contributed by atoms with Crippen molar-refractivity contribution in [2.45, 2.75) is 0 Å². The standard InChI is InChI=1S/C22H24O9/c1-24-15-10-17-16(30-11-31-17)9-13(15)14(23)8-7-12-18(25-2)20(27-4)22(29-6)21(28-5)19(12)26-3/h7-10H,11H2,1-6H3. The summed E-state index contributed by atoms with van der Waals surface area (Å²) in [5.41, 5.74) is 0.751. The van der Waals surface area contributed by atoms with Crippen molar-refractivity contribution in [1.29, 1.82) is 0 Å². The normalized spacial score (nSPS) is 11.9. The molecule has 31 heavy (non-hydrogen) atoms. The van der Waals surface area contributed by atoms with E-state index in [9.17, 15) is 4.79 Å². The van der Waals surface area contributed by atoms with Crippen molar-refractivity contribution >= 4 is 11.9 Å². The molecule has 9 nitrogen and oxygen atoms in total. The van der Waals surface area contributed by atoms with Crippen LogP contribution in [0.25, 0.3) is 6.08 Å². The van der Waals surface area contributed by atoms with Gasteiger partial charge in [-0.25, -0.2) is 0 Å². The highest BCUT2D eigenvalue weighted by Gasteiger charge is 2.27. The summed E-state index contributed by atoms with van der Waals surface area (Å²) in [5.74, 6) is 2.57. The van der Waals surface area contributed by atoms with E-state index in [1.807, 2.05) is 0 Å². The van der Waals surface area contributed by atoms with E-state index in [0.717, 1.165) is 0 Å². The average Bonchev–Trinajstić information content (AvgIpc) is 3.27. The molecule has 2 aromatic rings. The molecule has 0 aromatic heterocycles. The first kappa shape index (κ1) is 21.9. The lowest BCUT2D eigenvalue weighted by Gasteiger charge is -2.20. The Bertz CT molecular complexity index is 978. The highest BCUT2D eigenvalue weighted by molar-refractivity contribution is 6.09. The summed E-state index contributed by atoms with van der Waals surface area (Å²) >= 11 is 0. The lowest BCUT2D eigenvalue weighted by Crippen LogP contribution is -2.04. The average molecular weight is 432 g/mol.